The molecule has 1 aromatic rings. The fraction of sp³-hybridized carbons (Fsp3) is 0.538. The van der Waals surface area contributed by atoms with Crippen molar-refractivity contribution in [3.05, 3.63) is 29.6 Å². The summed E-state index contributed by atoms with van der Waals surface area (Å²) < 4.78 is 18.8. The number of aliphatic hydroxyl groups is 1. The second kappa shape index (κ2) is 7.31. The summed E-state index contributed by atoms with van der Waals surface area (Å²) in [4.78, 5) is 1.88. The maximum absolute atomic E-state index is 13.8. The summed E-state index contributed by atoms with van der Waals surface area (Å²) in [5.41, 5.74) is 7.01. The highest BCUT2D eigenvalue weighted by Crippen LogP contribution is 2.27. The van der Waals surface area contributed by atoms with E-state index in [1.54, 1.807) is 20.1 Å². The first kappa shape index (κ1) is 14.9. The van der Waals surface area contributed by atoms with E-state index in [9.17, 15) is 4.39 Å². The van der Waals surface area contributed by atoms with E-state index in [2.05, 4.69) is 0 Å². The monoisotopic (exact) mass is 256 g/mol. The molecule has 0 saturated carbocycles. The number of anilines is 1. The first-order chi connectivity index (χ1) is 8.61. The van der Waals surface area contributed by atoms with Gasteiger partial charge < -0.3 is 20.5 Å². The Morgan fingerprint density at radius 1 is 1.44 bits per heavy atom. The molecule has 4 nitrogen and oxygen atoms in total. The van der Waals surface area contributed by atoms with Crippen LogP contribution in [-0.4, -0.2) is 38.5 Å². The van der Waals surface area contributed by atoms with Gasteiger partial charge in [0.05, 0.1) is 13.2 Å². The van der Waals surface area contributed by atoms with Gasteiger partial charge in [0.2, 0.25) is 0 Å². The number of rotatable bonds is 7. The number of hydrogen-bond donors (Lipinski definition) is 2. The van der Waals surface area contributed by atoms with E-state index in [1.807, 2.05) is 11.0 Å². The number of ether oxygens (including phenoxy) is 1. The quantitative estimate of drug-likeness (QED) is 0.772. The van der Waals surface area contributed by atoms with E-state index in [0.717, 1.165) is 5.69 Å². The number of aliphatic hydroxyl groups excluding tert-OH is 1. The highest BCUT2D eigenvalue weighted by molar-refractivity contribution is 5.55. The minimum atomic E-state index is -0.398. The van der Waals surface area contributed by atoms with Gasteiger partial charge in [0.1, 0.15) is 5.82 Å². The van der Waals surface area contributed by atoms with Crippen LogP contribution in [0.2, 0.25) is 0 Å². The molecule has 1 rings (SSSR count). The lowest BCUT2D eigenvalue weighted by Crippen LogP contribution is -2.32. The molecule has 0 aliphatic rings. The van der Waals surface area contributed by atoms with E-state index in [0.29, 0.717) is 25.3 Å². The number of halogens is 1. The Hall–Kier alpha value is -1.17. The summed E-state index contributed by atoms with van der Waals surface area (Å²) >= 11 is 0. The van der Waals surface area contributed by atoms with Gasteiger partial charge in [0.15, 0.2) is 0 Å². The zero-order chi connectivity index (χ0) is 13.5. The summed E-state index contributed by atoms with van der Waals surface area (Å²) in [7, 11) is 1.61. The maximum atomic E-state index is 13.8. The Morgan fingerprint density at radius 3 is 2.72 bits per heavy atom. The average Bonchev–Trinajstić information content (AvgIpc) is 2.33. The molecule has 0 spiro atoms. The highest BCUT2D eigenvalue weighted by Gasteiger charge is 2.17. The van der Waals surface area contributed by atoms with E-state index < -0.39 is 6.04 Å². The number of hydrogen-bond acceptors (Lipinski definition) is 4. The van der Waals surface area contributed by atoms with Crippen LogP contribution in [0, 0.1) is 5.82 Å². The minimum Gasteiger partial charge on any atom is -0.395 e. The van der Waals surface area contributed by atoms with Crippen LogP contribution >= 0.6 is 0 Å². The molecule has 0 fully saturated rings. The van der Waals surface area contributed by atoms with Crippen LogP contribution in [0.5, 0.6) is 0 Å². The van der Waals surface area contributed by atoms with Crippen molar-refractivity contribution in [2.45, 2.75) is 13.0 Å². The van der Waals surface area contributed by atoms with Gasteiger partial charge in [-0.2, -0.15) is 0 Å². The third-order valence-electron chi connectivity index (χ3n) is 2.76. The van der Waals surface area contributed by atoms with Gasteiger partial charge in [0, 0.05) is 37.5 Å². The number of methoxy groups -OCH3 is 1. The predicted molar refractivity (Wildman–Crippen MR) is 70.2 cm³/mol. The summed E-state index contributed by atoms with van der Waals surface area (Å²) in [5, 5.41) is 9.09. The molecule has 5 heteroatoms. The molecule has 0 aromatic heterocycles. The topological polar surface area (TPSA) is 58.7 Å². The fourth-order valence-corrected chi connectivity index (χ4v) is 1.93. The van der Waals surface area contributed by atoms with Crippen LogP contribution in [0.4, 0.5) is 10.1 Å². The first-order valence-corrected chi connectivity index (χ1v) is 6.00. The van der Waals surface area contributed by atoms with E-state index >= 15 is 0 Å². The van der Waals surface area contributed by atoms with Crippen molar-refractivity contribution in [3.8, 4) is 0 Å². The molecule has 1 atom stereocenters. The third kappa shape index (κ3) is 3.66. The van der Waals surface area contributed by atoms with Gasteiger partial charge in [-0.15, -0.1) is 0 Å². The van der Waals surface area contributed by atoms with Crippen molar-refractivity contribution >= 4 is 5.69 Å². The molecule has 18 heavy (non-hydrogen) atoms. The normalized spacial score (nSPS) is 12.5. The Morgan fingerprint density at radius 2 is 2.17 bits per heavy atom. The molecule has 0 aliphatic carbocycles. The van der Waals surface area contributed by atoms with Crippen molar-refractivity contribution in [3.63, 3.8) is 0 Å². The van der Waals surface area contributed by atoms with Crippen molar-refractivity contribution in [2.75, 3.05) is 38.3 Å². The summed E-state index contributed by atoms with van der Waals surface area (Å²) in [5.74, 6) is -0.317. The maximum Gasteiger partial charge on any atom is 0.130 e. The first-order valence-electron chi connectivity index (χ1n) is 6.00. The van der Waals surface area contributed by atoms with Crippen molar-refractivity contribution in [1.82, 2.24) is 0 Å². The third-order valence-corrected chi connectivity index (χ3v) is 2.76. The number of nitrogens with two attached hydrogens (primary N) is 1. The van der Waals surface area contributed by atoms with Crippen LogP contribution in [-0.2, 0) is 4.74 Å². The number of benzene rings is 1. The summed E-state index contributed by atoms with van der Waals surface area (Å²) in [6.07, 6.45) is 0. The van der Waals surface area contributed by atoms with Crippen LogP contribution in [0.15, 0.2) is 18.2 Å². The Kier molecular flexibility index (Phi) is 6.04. The molecular formula is C13H21FN2O2. The van der Waals surface area contributed by atoms with Crippen molar-refractivity contribution in [1.29, 1.82) is 0 Å². The molecule has 0 unspecified atom stereocenters. The smallest absolute Gasteiger partial charge is 0.130 e. The molecule has 3 N–H and O–H groups in total. The molecule has 102 valence electrons. The van der Waals surface area contributed by atoms with Gasteiger partial charge in [-0.25, -0.2) is 4.39 Å². The van der Waals surface area contributed by atoms with Crippen molar-refractivity contribution in [2.24, 2.45) is 5.73 Å². The zero-order valence-electron chi connectivity index (χ0n) is 10.9. The molecular weight excluding hydrogens is 235 g/mol. The van der Waals surface area contributed by atoms with Gasteiger partial charge in [-0.3, -0.25) is 0 Å². The summed E-state index contributed by atoms with van der Waals surface area (Å²) in [6.45, 7) is 3.26. The molecule has 0 saturated heterocycles. The van der Waals surface area contributed by atoms with E-state index in [4.69, 9.17) is 15.6 Å². The minimum absolute atomic E-state index is 0.00137. The standard InChI is InChI=1S/C13H21FN2O2/c1-10(15)13-11(14)4-3-5-12(13)16(6-8-17)7-9-18-2/h3-5,10,17H,6-9,15H2,1-2H3/t10-/m0/s1. The molecule has 1 aromatic carbocycles. The molecule has 0 amide bonds. The zero-order valence-corrected chi connectivity index (χ0v) is 10.9. The molecule has 0 radical (unpaired) electrons. The molecule has 0 heterocycles. The lowest BCUT2D eigenvalue weighted by Gasteiger charge is -2.27. The fourth-order valence-electron chi connectivity index (χ4n) is 1.93. The second-order valence-electron chi connectivity index (χ2n) is 4.16. The van der Waals surface area contributed by atoms with Crippen LogP contribution in [0.1, 0.15) is 18.5 Å². The van der Waals surface area contributed by atoms with Crippen molar-refractivity contribution < 1.29 is 14.2 Å². The summed E-state index contributed by atoms with van der Waals surface area (Å²) in [6, 6.07) is 4.46. The predicted octanol–water partition coefficient (Wildman–Crippen LogP) is 1.29. The molecule has 0 aliphatic heterocycles. The second-order valence-corrected chi connectivity index (χ2v) is 4.16. The van der Waals surface area contributed by atoms with Crippen LogP contribution in [0.25, 0.3) is 0 Å². The van der Waals surface area contributed by atoms with E-state index in [-0.39, 0.29) is 12.4 Å². The Labute approximate surface area is 107 Å². The lowest BCUT2D eigenvalue weighted by atomic mass is 10.0. The Balaban J connectivity index is 3.06. The SMILES string of the molecule is COCCN(CCO)c1cccc(F)c1[C@H](C)N. The largest absolute Gasteiger partial charge is 0.395 e. The van der Waals surface area contributed by atoms with Gasteiger partial charge in [-0.1, -0.05) is 6.07 Å². The number of nitrogens with zero attached hydrogens (tertiary/aromatic N) is 1. The Bertz CT molecular complexity index is 372. The van der Waals surface area contributed by atoms with Crippen LogP contribution < -0.4 is 10.6 Å². The van der Waals surface area contributed by atoms with Gasteiger partial charge >= 0.3 is 0 Å². The van der Waals surface area contributed by atoms with Gasteiger partial charge in [0.25, 0.3) is 0 Å². The average molecular weight is 256 g/mol. The van der Waals surface area contributed by atoms with E-state index in [1.165, 1.54) is 6.07 Å². The van der Waals surface area contributed by atoms with Gasteiger partial charge in [-0.05, 0) is 19.1 Å². The van der Waals surface area contributed by atoms with Crippen LogP contribution in [0.3, 0.4) is 0 Å². The molecule has 0 bridgehead atoms. The lowest BCUT2D eigenvalue weighted by molar-refractivity contribution is 0.203. The highest BCUT2D eigenvalue weighted by atomic mass is 19.1.